The molecule has 0 atom stereocenters. The normalized spacial score (nSPS) is 10.6. The monoisotopic (exact) mass is 411 g/mol. The molecule has 0 bridgehead atoms. The molecule has 0 fully saturated rings. The standard InChI is InChI=1S/C20H21N5OS2/c1-4-11-27-18-8-6-5-7-16(18)21-19(26)13-28-20-22-23-24-25(20)17-10-9-14(2)12-15(17)3/h4-10,12H,1,11,13H2,2-3H3,(H,21,26). The summed E-state index contributed by atoms with van der Waals surface area (Å²) in [6.45, 7) is 7.80. The van der Waals surface area contributed by atoms with Crippen molar-refractivity contribution in [2.45, 2.75) is 23.9 Å². The average Bonchev–Trinajstić information content (AvgIpc) is 3.14. The van der Waals surface area contributed by atoms with E-state index >= 15 is 0 Å². The van der Waals surface area contributed by atoms with E-state index in [0.717, 1.165) is 27.6 Å². The third-order valence-corrected chi connectivity index (χ3v) is 5.86. The molecule has 3 aromatic rings. The van der Waals surface area contributed by atoms with Gasteiger partial charge < -0.3 is 5.32 Å². The second-order valence-electron chi connectivity index (χ2n) is 6.10. The lowest BCUT2D eigenvalue weighted by molar-refractivity contribution is -0.113. The first-order valence-corrected chi connectivity index (χ1v) is 10.7. The Morgan fingerprint density at radius 1 is 1.21 bits per heavy atom. The lowest BCUT2D eigenvalue weighted by Crippen LogP contribution is -2.15. The van der Waals surface area contributed by atoms with Crippen LogP contribution in [0.15, 0.2) is 65.2 Å². The van der Waals surface area contributed by atoms with Crippen LogP contribution < -0.4 is 5.32 Å². The van der Waals surface area contributed by atoms with Crippen molar-refractivity contribution >= 4 is 35.1 Å². The largest absolute Gasteiger partial charge is 0.324 e. The van der Waals surface area contributed by atoms with Crippen LogP contribution >= 0.6 is 23.5 Å². The number of aryl methyl sites for hydroxylation is 2. The van der Waals surface area contributed by atoms with Crippen molar-refractivity contribution in [1.82, 2.24) is 20.2 Å². The average molecular weight is 412 g/mol. The van der Waals surface area contributed by atoms with Gasteiger partial charge in [-0.05, 0) is 48.0 Å². The molecule has 6 nitrogen and oxygen atoms in total. The number of nitrogens with one attached hydrogen (secondary N) is 1. The number of tetrazole rings is 1. The molecule has 1 heterocycles. The van der Waals surface area contributed by atoms with Gasteiger partial charge in [-0.25, -0.2) is 0 Å². The summed E-state index contributed by atoms with van der Waals surface area (Å²) in [7, 11) is 0. The van der Waals surface area contributed by atoms with Crippen LogP contribution in [0.1, 0.15) is 11.1 Å². The van der Waals surface area contributed by atoms with Crippen molar-refractivity contribution in [3.05, 3.63) is 66.2 Å². The van der Waals surface area contributed by atoms with Crippen molar-refractivity contribution in [3.63, 3.8) is 0 Å². The highest BCUT2D eigenvalue weighted by atomic mass is 32.2. The van der Waals surface area contributed by atoms with Crippen molar-refractivity contribution in [2.24, 2.45) is 0 Å². The number of carbonyl (C=O) groups excluding carboxylic acids is 1. The van der Waals surface area contributed by atoms with Gasteiger partial charge in [0.2, 0.25) is 11.1 Å². The predicted octanol–water partition coefficient (Wildman–Crippen LogP) is 4.29. The maximum Gasteiger partial charge on any atom is 0.234 e. The van der Waals surface area contributed by atoms with Crippen molar-refractivity contribution < 1.29 is 4.79 Å². The number of hydrogen-bond acceptors (Lipinski definition) is 6. The minimum atomic E-state index is -0.105. The van der Waals surface area contributed by atoms with Crippen LogP contribution in [0.25, 0.3) is 5.69 Å². The molecular weight excluding hydrogens is 390 g/mol. The number of hydrogen-bond donors (Lipinski definition) is 1. The second kappa shape index (κ2) is 9.57. The number of rotatable bonds is 8. The Bertz CT molecular complexity index is 986. The van der Waals surface area contributed by atoms with Crippen LogP contribution in [0.4, 0.5) is 5.69 Å². The molecule has 0 saturated carbocycles. The van der Waals surface area contributed by atoms with E-state index in [1.165, 1.54) is 17.3 Å². The maximum absolute atomic E-state index is 12.5. The smallest absolute Gasteiger partial charge is 0.234 e. The molecule has 0 spiro atoms. The Morgan fingerprint density at radius 2 is 2.04 bits per heavy atom. The molecule has 8 heteroatoms. The molecule has 3 rings (SSSR count). The summed E-state index contributed by atoms with van der Waals surface area (Å²) < 4.78 is 1.67. The molecule has 0 aliphatic rings. The van der Waals surface area contributed by atoms with E-state index < -0.39 is 0 Å². The highest BCUT2D eigenvalue weighted by Crippen LogP contribution is 2.27. The Labute approximate surface area is 172 Å². The number of benzene rings is 2. The Kier molecular flexibility index (Phi) is 6.89. The molecule has 1 aromatic heterocycles. The first-order valence-electron chi connectivity index (χ1n) is 8.70. The highest BCUT2D eigenvalue weighted by Gasteiger charge is 2.14. The molecule has 28 heavy (non-hydrogen) atoms. The fourth-order valence-electron chi connectivity index (χ4n) is 2.62. The highest BCUT2D eigenvalue weighted by molar-refractivity contribution is 8.00. The second-order valence-corrected chi connectivity index (χ2v) is 8.10. The maximum atomic E-state index is 12.5. The molecule has 144 valence electrons. The SMILES string of the molecule is C=CCSc1ccccc1NC(=O)CSc1nnnn1-c1ccc(C)cc1C. The zero-order valence-electron chi connectivity index (χ0n) is 15.8. The Balaban J connectivity index is 1.67. The van der Waals surface area contributed by atoms with Gasteiger partial charge in [0, 0.05) is 10.6 Å². The van der Waals surface area contributed by atoms with Crippen LogP contribution in [0.2, 0.25) is 0 Å². The zero-order chi connectivity index (χ0) is 19.9. The minimum absolute atomic E-state index is 0.105. The van der Waals surface area contributed by atoms with E-state index in [0.29, 0.717) is 5.16 Å². The van der Waals surface area contributed by atoms with E-state index in [1.54, 1.807) is 16.4 Å². The number of amides is 1. The van der Waals surface area contributed by atoms with Gasteiger partial charge >= 0.3 is 0 Å². The Morgan fingerprint density at radius 3 is 2.82 bits per heavy atom. The van der Waals surface area contributed by atoms with Gasteiger partial charge in [-0.1, -0.05) is 47.7 Å². The summed E-state index contributed by atoms with van der Waals surface area (Å²) in [4.78, 5) is 13.5. The number of aromatic nitrogens is 4. The van der Waals surface area contributed by atoms with Crippen LogP contribution in [0, 0.1) is 13.8 Å². The topological polar surface area (TPSA) is 72.7 Å². The number of nitrogens with zero attached hydrogens (tertiary/aromatic N) is 4. The molecule has 0 aliphatic carbocycles. The molecule has 0 unspecified atom stereocenters. The van der Waals surface area contributed by atoms with Gasteiger partial charge in [0.25, 0.3) is 0 Å². The third kappa shape index (κ3) is 5.02. The summed E-state index contributed by atoms with van der Waals surface area (Å²) in [5.41, 5.74) is 3.96. The number of anilines is 1. The first kappa shape index (κ1) is 20.2. The van der Waals surface area contributed by atoms with E-state index in [2.05, 4.69) is 33.5 Å². The van der Waals surface area contributed by atoms with Crippen molar-refractivity contribution in [1.29, 1.82) is 0 Å². The fourth-order valence-corrected chi connectivity index (χ4v) is 4.05. The minimum Gasteiger partial charge on any atom is -0.324 e. The molecule has 0 saturated heterocycles. The molecular formula is C20H21N5OS2. The van der Waals surface area contributed by atoms with Gasteiger partial charge in [0.15, 0.2) is 0 Å². The van der Waals surface area contributed by atoms with Gasteiger partial charge in [0.1, 0.15) is 0 Å². The summed E-state index contributed by atoms with van der Waals surface area (Å²) in [5, 5.41) is 15.5. The quantitative estimate of drug-likeness (QED) is 0.440. The van der Waals surface area contributed by atoms with Crippen LogP contribution in [0.5, 0.6) is 0 Å². The molecule has 0 radical (unpaired) electrons. The Hall–Kier alpha value is -2.58. The number of carbonyl (C=O) groups is 1. The zero-order valence-corrected chi connectivity index (χ0v) is 17.4. The molecule has 1 amide bonds. The van der Waals surface area contributed by atoms with Crippen LogP contribution in [-0.4, -0.2) is 37.6 Å². The summed E-state index contributed by atoms with van der Waals surface area (Å²) in [6.07, 6.45) is 1.84. The molecule has 1 N–H and O–H groups in total. The van der Waals surface area contributed by atoms with Crippen molar-refractivity contribution in [2.75, 3.05) is 16.8 Å². The van der Waals surface area contributed by atoms with E-state index in [4.69, 9.17) is 0 Å². The first-order chi connectivity index (χ1) is 13.6. The summed E-state index contributed by atoms with van der Waals surface area (Å²) >= 11 is 2.94. The van der Waals surface area contributed by atoms with E-state index in [-0.39, 0.29) is 11.7 Å². The lowest BCUT2D eigenvalue weighted by Gasteiger charge is -2.10. The molecule has 0 aliphatic heterocycles. The third-order valence-electron chi connectivity index (χ3n) is 3.87. The van der Waals surface area contributed by atoms with Gasteiger partial charge in [-0.15, -0.1) is 23.4 Å². The van der Waals surface area contributed by atoms with Crippen LogP contribution in [0.3, 0.4) is 0 Å². The number of para-hydroxylation sites is 1. The van der Waals surface area contributed by atoms with Gasteiger partial charge in [-0.2, -0.15) is 4.68 Å². The number of thioether (sulfide) groups is 2. The predicted molar refractivity (Wildman–Crippen MR) is 115 cm³/mol. The molecule has 2 aromatic carbocycles. The lowest BCUT2D eigenvalue weighted by atomic mass is 10.1. The van der Waals surface area contributed by atoms with E-state index in [1.807, 2.05) is 56.3 Å². The summed E-state index contributed by atoms with van der Waals surface area (Å²) in [5.74, 6) is 0.893. The van der Waals surface area contributed by atoms with Crippen LogP contribution in [-0.2, 0) is 4.79 Å². The van der Waals surface area contributed by atoms with Gasteiger partial charge in [-0.3, -0.25) is 4.79 Å². The van der Waals surface area contributed by atoms with Crippen molar-refractivity contribution in [3.8, 4) is 5.69 Å². The summed E-state index contributed by atoms with van der Waals surface area (Å²) in [6, 6.07) is 13.8. The van der Waals surface area contributed by atoms with Gasteiger partial charge in [0.05, 0.1) is 17.1 Å². The fraction of sp³-hybridized carbons (Fsp3) is 0.200. The van der Waals surface area contributed by atoms with E-state index in [9.17, 15) is 4.79 Å².